The lowest BCUT2D eigenvalue weighted by molar-refractivity contribution is -0.0962. The molecule has 0 aliphatic carbocycles. The van der Waals surface area contributed by atoms with Gasteiger partial charge in [-0.15, -0.1) is 0 Å². The Kier molecular flexibility index (Phi) is 4.75. The summed E-state index contributed by atoms with van der Waals surface area (Å²) in [5, 5.41) is 29.3. The van der Waals surface area contributed by atoms with Gasteiger partial charge in [-0.3, -0.25) is 5.10 Å². The van der Waals surface area contributed by atoms with Crippen molar-refractivity contribution in [3.63, 3.8) is 0 Å². The molecule has 0 radical (unpaired) electrons. The lowest BCUT2D eigenvalue weighted by Gasteiger charge is -2.30. The first-order valence-corrected chi connectivity index (χ1v) is 9.08. The molecule has 0 saturated carbocycles. The van der Waals surface area contributed by atoms with Crippen LogP contribution in [0.15, 0.2) is 59.3 Å². The Bertz CT molecular complexity index is 1330. The van der Waals surface area contributed by atoms with E-state index in [1.165, 1.54) is 12.1 Å². The lowest BCUT2D eigenvalue weighted by Crippen LogP contribution is -2.33. The van der Waals surface area contributed by atoms with Crippen molar-refractivity contribution in [1.29, 1.82) is 10.5 Å². The highest BCUT2D eigenvalue weighted by Gasteiger charge is 2.44. The van der Waals surface area contributed by atoms with Gasteiger partial charge >= 0.3 is 6.18 Å². The number of halogens is 4. The average molecular weight is 423 g/mol. The molecular formula is C22H13F4N5. The predicted octanol–water partition coefficient (Wildman–Crippen LogP) is 4.97. The fourth-order valence-electron chi connectivity index (χ4n) is 3.67. The Hall–Kier alpha value is -4.11. The van der Waals surface area contributed by atoms with Crippen LogP contribution in [-0.2, 0) is 0 Å². The number of aromatic nitrogens is 2. The van der Waals surface area contributed by atoms with Crippen molar-refractivity contribution in [2.75, 3.05) is 0 Å². The van der Waals surface area contributed by atoms with E-state index in [-0.39, 0.29) is 16.8 Å². The fourth-order valence-corrected chi connectivity index (χ4v) is 3.67. The van der Waals surface area contributed by atoms with E-state index in [1.54, 1.807) is 31.2 Å². The van der Waals surface area contributed by atoms with E-state index in [9.17, 15) is 28.1 Å². The van der Waals surface area contributed by atoms with Crippen molar-refractivity contribution in [3.05, 3.63) is 81.9 Å². The molecule has 0 fully saturated rings. The summed E-state index contributed by atoms with van der Waals surface area (Å²) in [7, 11) is 0. The minimum absolute atomic E-state index is 0.0725. The normalized spacial score (nSPS) is 16.8. The second kappa shape index (κ2) is 7.29. The van der Waals surface area contributed by atoms with Crippen LogP contribution in [0.1, 0.15) is 22.7 Å². The number of hydrogen-bond acceptors (Lipinski definition) is 4. The Morgan fingerprint density at radius 1 is 1.00 bits per heavy atom. The average Bonchev–Trinajstić information content (AvgIpc) is 3.12. The van der Waals surface area contributed by atoms with Gasteiger partial charge in [0.25, 0.3) is 0 Å². The zero-order valence-corrected chi connectivity index (χ0v) is 16.0. The van der Waals surface area contributed by atoms with Crippen LogP contribution in [-0.4, -0.2) is 16.4 Å². The molecule has 1 aliphatic heterocycles. The summed E-state index contributed by atoms with van der Waals surface area (Å²) in [6.07, 6.45) is -4.87. The number of alkyl halides is 3. The van der Waals surface area contributed by atoms with Gasteiger partial charge in [-0.1, -0.05) is 6.07 Å². The molecule has 0 unspecified atom stereocenters. The van der Waals surface area contributed by atoms with E-state index in [0.29, 0.717) is 22.2 Å². The lowest BCUT2D eigenvalue weighted by atomic mass is 9.79. The minimum Gasteiger partial charge on any atom is -0.349 e. The monoisotopic (exact) mass is 423 g/mol. The highest BCUT2D eigenvalue weighted by atomic mass is 19.4. The number of nitrogens with one attached hydrogen (secondary N) is 2. The first kappa shape index (κ1) is 20.2. The number of fused-ring (bicyclic) bond motifs is 1. The Labute approximate surface area is 173 Å². The van der Waals surface area contributed by atoms with Crippen molar-refractivity contribution >= 4 is 16.6 Å². The second-order valence-corrected chi connectivity index (χ2v) is 6.99. The van der Waals surface area contributed by atoms with Crippen molar-refractivity contribution in [2.24, 2.45) is 0 Å². The van der Waals surface area contributed by atoms with Gasteiger partial charge in [-0.25, -0.2) is 4.39 Å². The van der Waals surface area contributed by atoms with Gasteiger partial charge in [0.2, 0.25) is 0 Å². The summed E-state index contributed by atoms with van der Waals surface area (Å²) < 4.78 is 55.0. The number of nitriles is 2. The largest absolute Gasteiger partial charge is 0.432 e. The van der Waals surface area contributed by atoms with E-state index in [2.05, 4.69) is 15.5 Å². The zero-order valence-electron chi connectivity index (χ0n) is 16.0. The number of aromatic amines is 1. The SMILES string of the molecule is Cc1[nH]nc2ccc([C@@H]3C(C#N)=C(c4ccc(F)cc4)NC(C(F)(F)F)=C3C#N)cc12. The molecule has 9 heteroatoms. The number of nitrogens with zero attached hydrogens (tertiary/aromatic N) is 3. The molecule has 1 atom stereocenters. The van der Waals surface area contributed by atoms with Crippen molar-refractivity contribution in [1.82, 2.24) is 15.5 Å². The maximum absolute atomic E-state index is 13.9. The standard InChI is InChI=1S/C22H13F4N5/c1-11-15-8-13(4-7-18(15)31-30-11)19-16(9-27)20(12-2-5-14(23)6-3-12)29-21(17(19)10-28)22(24,25)26/h2-8,19,29H,1H3,(H,30,31)/t19-/m1/s1. The molecule has 1 aromatic heterocycles. The number of dihydropyridines is 1. The van der Waals surface area contributed by atoms with E-state index in [4.69, 9.17) is 0 Å². The highest BCUT2D eigenvalue weighted by molar-refractivity contribution is 5.84. The third-order valence-corrected chi connectivity index (χ3v) is 5.13. The maximum Gasteiger partial charge on any atom is 0.432 e. The van der Waals surface area contributed by atoms with E-state index >= 15 is 0 Å². The number of rotatable bonds is 2. The topological polar surface area (TPSA) is 88.3 Å². The molecule has 5 nitrogen and oxygen atoms in total. The maximum atomic E-state index is 13.9. The van der Waals surface area contributed by atoms with E-state index < -0.39 is 29.2 Å². The summed E-state index contributed by atoms with van der Waals surface area (Å²) in [6, 6.07) is 13.1. The van der Waals surface area contributed by atoms with Gasteiger partial charge < -0.3 is 5.32 Å². The van der Waals surface area contributed by atoms with Crippen LogP contribution in [0.5, 0.6) is 0 Å². The first-order valence-electron chi connectivity index (χ1n) is 9.08. The van der Waals surface area contributed by atoms with Gasteiger partial charge in [0, 0.05) is 11.1 Å². The van der Waals surface area contributed by atoms with Gasteiger partial charge in [0.05, 0.1) is 40.4 Å². The van der Waals surface area contributed by atoms with Gasteiger partial charge in [0.1, 0.15) is 11.5 Å². The summed E-state index contributed by atoms with van der Waals surface area (Å²) in [5.41, 5.74) is -0.215. The van der Waals surface area contributed by atoms with Crippen molar-refractivity contribution in [2.45, 2.75) is 19.0 Å². The Morgan fingerprint density at radius 3 is 2.29 bits per heavy atom. The second-order valence-electron chi connectivity index (χ2n) is 6.99. The quantitative estimate of drug-likeness (QED) is 0.570. The first-order chi connectivity index (χ1) is 14.7. The van der Waals surface area contributed by atoms with Gasteiger partial charge in [0.15, 0.2) is 0 Å². The van der Waals surface area contributed by atoms with Crippen LogP contribution in [0, 0.1) is 35.4 Å². The summed E-state index contributed by atoms with van der Waals surface area (Å²) >= 11 is 0. The molecule has 0 bridgehead atoms. The third-order valence-electron chi connectivity index (χ3n) is 5.13. The smallest absolute Gasteiger partial charge is 0.349 e. The number of H-pyrrole nitrogens is 1. The molecule has 3 aromatic rings. The van der Waals surface area contributed by atoms with Gasteiger partial charge in [-0.05, 0) is 54.4 Å². The van der Waals surface area contributed by atoms with E-state index in [1.807, 2.05) is 6.07 Å². The molecule has 0 spiro atoms. The third kappa shape index (κ3) is 3.40. The number of hydrogen-bond donors (Lipinski definition) is 2. The molecule has 0 amide bonds. The Morgan fingerprint density at radius 2 is 1.68 bits per heavy atom. The van der Waals surface area contributed by atoms with Gasteiger partial charge in [-0.2, -0.15) is 28.8 Å². The number of benzene rings is 2. The summed E-state index contributed by atoms with van der Waals surface area (Å²) in [4.78, 5) is 0. The molecule has 31 heavy (non-hydrogen) atoms. The molecule has 0 saturated heterocycles. The van der Waals surface area contributed by atoms with Crippen molar-refractivity contribution in [3.8, 4) is 12.1 Å². The molecule has 1 aliphatic rings. The summed E-state index contributed by atoms with van der Waals surface area (Å²) in [6.45, 7) is 1.76. The van der Waals surface area contributed by atoms with Crippen LogP contribution in [0.25, 0.3) is 16.6 Å². The van der Waals surface area contributed by atoms with Crippen molar-refractivity contribution < 1.29 is 17.6 Å². The molecule has 4 rings (SSSR count). The van der Waals surface area contributed by atoms with E-state index in [0.717, 1.165) is 12.1 Å². The fraction of sp³-hybridized carbons (Fsp3) is 0.136. The highest BCUT2D eigenvalue weighted by Crippen LogP contribution is 2.44. The molecule has 2 heterocycles. The zero-order chi connectivity index (χ0) is 22.3. The summed E-state index contributed by atoms with van der Waals surface area (Å²) in [5.74, 6) is -1.83. The predicted molar refractivity (Wildman–Crippen MR) is 104 cm³/mol. The molecule has 154 valence electrons. The Balaban J connectivity index is 2.02. The molecular weight excluding hydrogens is 410 g/mol. The van der Waals surface area contributed by atoms with Crippen LogP contribution in [0.3, 0.4) is 0 Å². The molecule has 2 N–H and O–H groups in total. The molecule has 2 aromatic carbocycles. The van der Waals surface area contributed by atoms with Crippen LogP contribution < -0.4 is 5.32 Å². The van der Waals surface area contributed by atoms with Crippen LogP contribution >= 0.6 is 0 Å². The number of allylic oxidation sites excluding steroid dienone is 3. The number of aryl methyl sites for hydroxylation is 1. The minimum atomic E-state index is -4.87. The van der Waals surface area contributed by atoms with Crippen LogP contribution in [0.4, 0.5) is 17.6 Å². The van der Waals surface area contributed by atoms with Crippen LogP contribution in [0.2, 0.25) is 0 Å².